The van der Waals surface area contributed by atoms with Gasteiger partial charge in [0.05, 0.1) is 11.8 Å². The Morgan fingerprint density at radius 3 is 2.65 bits per heavy atom. The molecule has 0 aliphatic carbocycles. The summed E-state index contributed by atoms with van der Waals surface area (Å²) in [6.07, 6.45) is 1.41. The number of urea groups is 1. The second-order valence-electron chi connectivity index (χ2n) is 5.69. The highest BCUT2D eigenvalue weighted by Crippen LogP contribution is 2.27. The van der Waals surface area contributed by atoms with Crippen molar-refractivity contribution in [2.75, 3.05) is 0 Å². The molecule has 0 radical (unpaired) electrons. The van der Waals surface area contributed by atoms with E-state index in [1.54, 1.807) is 24.3 Å². The number of primary amides is 1. The predicted octanol–water partition coefficient (Wildman–Crippen LogP) is 3.37. The van der Waals surface area contributed by atoms with Gasteiger partial charge in [-0.3, -0.25) is 0 Å². The summed E-state index contributed by atoms with van der Waals surface area (Å²) in [6, 6.07) is 17.5. The van der Waals surface area contributed by atoms with E-state index >= 15 is 0 Å². The van der Waals surface area contributed by atoms with Crippen LogP contribution in [0.15, 0.2) is 65.8 Å². The summed E-state index contributed by atoms with van der Waals surface area (Å²) in [6.45, 7) is 1.90. The Morgan fingerprint density at radius 2 is 1.88 bits per heavy atom. The first-order chi connectivity index (χ1) is 12.5. The number of aryl methyl sites for hydroxylation is 1. The zero-order valence-electron chi connectivity index (χ0n) is 14.1. The molecular weight excluding hydrogens is 330 g/mol. The van der Waals surface area contributed by atoms with Gasteiger partial charge in [-0.05, 0) is 35.9 Å². The number of benzene rings is 3. The van der Waals surface area contributed by atoms with Crippen molar-refractivity contribution in [1.29, 1.82) is 0 Å². The molecule has 26 heavy (non-hydrogen) atoms. The second-order valence-corrected chi connectivity index (χ2v) is 5.69. The lowest BCUT2D eigenvalue weighted by Crippen LogP contribution is -2.24. The normalized spacial score (nSPS) is 10.8. The fraction of sp³-hybridized carbons (Fsp3) is 0.0500. The summed E-state index contributed by atoms with van der Waals surface area (Å²) in [5.74, 6) is -0.133. The van der Waals surface area contributed by atoms with Crippen molar-refractivity contribution < 1.29 is 14.3 Å². The molecule has 0 aliphatic rings. The number of nitrogens with two attached hydrogens (primary N) is 1. The van der Waals surface area contributed by atoms with Gasteiger partial charge in [-0.1, -0.05) is 48.0 Å². The van der Waals surface area contributed by atoms with E-state index < -0.39 is 12.0 Å². The number of hydrogen-bond donors (Lipinski definition) is 2. The van der Waals surface area contributed by atoms with Crippen molar-refractivity contribution in [1.82, 2.24) is 5.43 Å². The maximum Gasteiger partial charge on any atom is 0.343 e. The number of hydrogen-bond acceptors (Lipinski definition) is 4. The van der Waals surface area contributed by atoms with Crippen LogP contribution < -0.4 is 15.9 Å². The third-order valence-electron chi connectivity index (χ3n) is 3.76. The number of rotatable bonds is 4. The average Bonchev–Trinajstić information content (AvgIpc) is 2.63. The molecule has 0 bridgehead atoms. The molecule has 130 valence electrons. The van der Waals surface area contributed by atoms with E-state index in [9.17, 15) is 9.59 Å². The largest absolute Gasteiger partial charge is 0.422 e. The zero-order chi connectivity index (χ0) is 18.5. The van der Waals surface area contributed by atoms with Crippen LogP contribution in [-0.4, -0.2) is 18.2 Å². The number of carbonyl (C=O) groups excluding carboxylic acids is 2. The van der Waals surface area contributed by atoms with Crippen molar-refractivity contribution in [3.63, 3.8) is 0 Å². The lowest BCUT2D eigenvalue weighted by molar-refractivity contribution is 0.0734. The number of carbonyl (C=O) groups is 2. The Bertz CT molecular complexity index is 1010. The van der Waals surface area contributed by atoms with Crippen LogP contribution in [0.4, 0.5) is 4.79 Å². The quantitative estimate of drug-likeness (QED) is 0.328. The minimum Gasteiger partial charge on any atom is -0.422 e. The molecule has 0 heterocycles. The first-order valence-corrected chi connectivity index (χ1v) is 7.94. The fourth-order valence-electron chi connectivity index (χ4n) is 2.59. The molecule has 3 aromatic carbocycles. The Kier molecular flexibility index (Phi) is 4.94. The zero-order valence-corrected chi connectivity index (χ0v) is 14.1. The molecule has 0 saturated carbocycles. The van der Waals surface area contributed by atoms with Crippen LogP contribution in [0, 0.1) is 6.92 Å². The maximum absolute atomic E-state index is 12.5. The molecule has 3 rings (SSSR count). The standard InChI is InChI=1S/C20H17N3O3/c1-13-5-4-7-15(11-13)19(24)26-18-10-9-14-6-2-3-8-16(14)17(18)12-22-23-20(21)25/h2-12H,1H3,(H3,21,23,25). The van der Waals surface area contributed by atoms with Crippen LogP contribution in [0.25, 0.3) is 10.8 Å². The number of nitrogens with zero attached hydrogens (tertiary/aromatic N) is 1. The molecule has 0 fully saturated rings. The Morgan fingerprint density at radius 1 is 1.08 bits per heavy atom. The number of ether oxygens (including phenoxy) is 1. The van der Waals surface area contributed by atoms with E-state index in [1.807, 2.05) is 43.3 Å². The van der Waals surface area contributed by atoms with Crippen molar-refractivity contribution >= 4 is 29.0 Å². The first kappa shape index (κ1) is 17.2. The maximum atomic E-state index is 12.5. The Hall–Kier alpha value is -3.67. The minimum absolute atomic E-state index is 0.338. The molecule has 3 aromatic rings. The molecular formula is C20H17N3O3. The summed E-state index contributed by atoms with van der Waals surface area (Å²) in [4.78, 5) is 23.3. The van der Waals surface area contributed by atoms with Crippen LogP contribution in [-0.2, 0) is 0 Å². The molecule has 0 aliphatic heterocycles. The second kappa shape index (κ2) is 7.48. The molecule has 0 saturated heterocycles. The van der Waals surface area contributed by atoms with Gasteiger partial charge in [-0.2, -0.15) is 5.10 Å². The summed E-state index contributed by atoms with van der Waals surface area (Å²) < 4.78 is 5.58. The fourth-order valence-corrected chi connectivity index (χ4v) is 2.59. The van der Waals surface area contributed by atoms with Gasteiger partial charge in [0.2, 0.25) is 0 Å². The highest BCUT2D eigenvalue weighted by Gasteiger charge is 2.13. The molecule has 6 nitrogen and oxygen atoms in total. The lowest BCUT2D eigenvalue weighted by Gasteiger charge is -2.10. The van der Waals surface area contributed by atoms with E-state index in [-0.39, 0.29) is 0 Å². The monoisotopic (exact) mass is 347 g/mol. The lowest BCUT2D eigenvalue weighted by atomic mass is 10.0. The molecule has 2 amide bonds. The van der Waals surface area contributed by atoms with Crippen molar-refractivity contribution in [2.24, 2.45) is 10.8 Å². The van der Waals surface area contributed by atoms with Crippen molar-refractivity contribution in [3.8, 4) is 5.75 Å². The van der Waals surface area contributed by atoms with E-state index in [0.29, 0.717) is 16.9 Å². The summed E-state index contributed by atoms with van der Waals surface area (Å²) in [7, 11) is 0. The number of amides is 2. The third kappa shape index (κ3) is 3.87. The van der Waals surface area contributed by atoms with Crippen molar-refractivity contribution in [2.45, 2.75) is 6.92 Å². The van der Waals surface area contributed by atoms with Gasteiger partial charge >= 0.3 is 12.0 Å². The summed E-state index contributed by atoms with van der Waals surface area (Å²) in [5, 5.41) is 5.58. The Labute approximate surface area is 150 Å². The van der Waals surface area contributed by atoms with Gasteiger partial charge in [0, 0.05) is 5.56 Å². The van der Waals surface area contributed by atoms with Crippen LogP contribution in [0.5, 0.6) is 5.75 Å². The molecule has 0 unspecified atom stereocenters. The van der Waals surface area contributed by atoms with Gasteiger partial charge in [0.25, 0.3) is 0 Å². The average molecular weight is 347 g/mol. The Balaban J connectivity index is 2.00. The van der Waals surface area contributed by atoms with E-state index in [1.165, 1.54) is 6.21 Å². The number of nitrogens with one attached hydrogen (secondary N) is 1. The van der Waals surface area contributed by atoms with Crippen molar-refractivity contribution in [3.05, 3.63) is 77.4 Å². The van der Waals surface area contributed by atoms with Gasteiger partial charge in [0.1, 0.15) is 5.75 Å². The number of esters is 1. The molecule has 3 N–H and O–H groups in total. The number of fused-ring (bicyclic) bond motifs is 1. The van der Waals surface area contributed by atoms with Gasteiger partial charge in [0.15, 0.2) is 0 Å². The first-order valence-electron chi connectivity index (χ1n) is 7.94. The molecule has 0 atom stereocenters. The van der Waals surface area contributed by atoms with Crippen LogP contribution in [0.3, 0.4) is 0 Å². The third-order valence-corrected chi connectivity index (χ3v) is 3.76. The highest BCUT2D eigenvalue weighted by atomic mass is 16.5. The molecule has 0 spiro atoms. The minimum atomic E-state index is -0.778. The SMILES string of the molecule is Cc1cccc(C(=O)Oc2ccc3ccccc3c2C=NNC(N)=O)c1. The van der Waals surface area contributed by atoms with Gasteiger partial charge < -0.3 is 10.5 Å². The number of hydrazone groups is 1. The van der Waals surface area contributed by atoms with Crippen LogP contribution in [0.2, 0.25) is 0 Å². The van der Waals surface area contributed by atoms with Gasteiger partial charge in [-0.25, -0.2) is 15.0 Å². The highest BCUT2D eigenvalue weighted by molar-refractivity contribution is 6.04. The topological polar surface area (TPSA) is 93.8 Å². The predicted molar refractivity (Wildman–Crippen MR) is 100 cm³/mol. The molecule has 6 heteroatoms. The summed E-state index contributed by atoms with van der Waals surface area (Å²) in [5.41, 5.74) is 9.16. The summed E-state index contributed by atoms with van der Waals surface area (Å²) >= 11 is 0. The van der Waals surface area contributed by atoms with Crippen LogP contribution in [0.1, 0.15) is 21.5 Å². The molecule has 0 aromatic heterocycles. The van der Waals surface area contributed by atoms with E-state index in [0.717, 1.165) is 16.3 Å². The smallest absolute Gasteiger partial charge is 0.343 e. The van der Waals surface area contributed by atoms with Crippen LogP contribution >= 0.6 is 0 Å². The van der Waals surface area contributed by atoms with E-state index in [4.69, 9.17) is 10.5 Å². The van der Waals surface area contributed by atoms with E-state index in [2.05, 4.69) is 10.5 Å². The van der Waals surface area contributed by atoms with Gasteiger partial charge in [-0.15, -0.1) is 0 Å².